The molecule has 1 aromatic heterocycles. The van der Waals surface area contributed by atoms with Gasteiger partial charge in [-0.15, -0.1) is 0 Å². The van der Waals surface area contributed by atoms with E-state index in [2.05, 4.69) is 19.7 Å². The van der Waals surface area contributed by atoms with Gasteiger partial charge in [-0.1, -0.05) is 18.2 Å². The first-order chi connectivity index (χ1) is 16.0. The maximum absolute atomic E-state index is 13.2. The van der Waals surface area contributed by atoms with E-state index in [9.17, 15) is 21.9 Å². The zero-order valence-corrected chi connectivity index (χ0v) is 20.9. The number of aryl methyl sites for hydroxylation is 1. The van der Waals surface area contributed by atoms with Crippen LogP contribution in [-0.4, -0.2) is 75.7 Å². The van der Waals surface area contributed by atoms with Crippen molar-refractivity contribution in [2.24, 2.45) is 0 Å². The van der Waals surface area contributed by atoms with Gasteiger partial charge in [0.1, 0.15) is 28.7 Å². The molecule has 0 radical (unpaired) electrons. The van der Waals surface area contributed by atoms with Crippen LogP contribution in [-0.2, 0) is 20.2 Å². The average Bonchev–Trinajstić information content (AvgIpc) is 3.12. The molecule has 13 heteroatoms. The third-order valence-electron chi connectivity index (χ3n) is 5.03. The van der Waals surface area contributed by atoms with Gasteiger partial charge in [0.25, 0.3) is 10.2 Å². The first-order valence-electron chi connectivity index (χ1n) is 10.9. The van der Waals surface area contributed by atoms with Crippen LogP contribution < -0.4 is 19.5 Å². The number of aliphatic hydroxyl groups excluding tert-OH is 1. The van der Waals surface area contributed by atoms with Gasteiger partial charge in [0.2, 0.25) is 10.0 Å². The number of aromatic nitrogens is 1. The van der Waals surface area contributed by atoms with Crippen LogP contribution in [0.25, 0.3) is 0 Å². The van der Waals surface area contributed by atoms with Crippen molar-refractivity contribution >= 4 is 26.1 Å². The van der Waals surface area contributed by atoms with Gasteiger partial charge in [-0.25, -0.2) is 18.1 Å². The third kappa shape index (κ3) is 6.87. The minimum atomic E-state index is -3.90. The van der Waals surface area contributed by atoms with Crippen molar-refractivity contribution in [3.8, 4) is 5.75 Å². The van der Waals surface area contributed by atoms with Gasteiger partial charge in [-0.05, 0) is 44.5 Å². The fourth-order valence-corrected chi connectivity index (χ4v) is 6.18. The van der Waals surface area contributed by atoms with Crippen molar-refractivity contribution in [3.05, 3.63) is 48.2 Å². The Morgan fingerprint density at radius 3 is 2.50 bits per heavy atom. The molecule has 0 amide bonds. The van der Waals surface area contributed by atoms with E-state index in [1.54, 1.807) is 51.1 Å². The lowest BCUT2D eigenvalue weighted by Gasteiger charge is -2.18. The van der Waals surface area contributed by atoms with Crippen LogP contribution in [0.5, 0.6) is 5.75 Å². The van der Waals surface area contributed by atoms with Gasteiger partial charge < -0.3 is 15.2 Å². The van der Waals surface area contributed by atoms with Crippen LogP contribution in [0.3, 0.4) is 0 Å². The number of β-amino-alcohol motifs (C(OH)–C–C–N with tert-alkyl or cyclic N) is 1. The molecule has 4 N–H and O–H groups in total. The number of benzene rings is 1. The number of pyridine rings is 1. The maximum Gasteiger partial charge on any atom is 0.277 e. The predicted molar refractivity (Wildman–Crippen MR) is 128 cm³/mol. The Labute approximate surface area is 200 Å². The summed E-state index contributed by atoms with van der Waals surface area (Å²) >= 11 is 0. The van der Waals surface area contributed by atoms with Crippen LogP contribution in [0.1, 0.15) is 19.4 Å². The van der Waals surface area contributed by atoms with Crippen molar-refractivity contribution in [1.82, 2.24) is 18.7 Å². The molecule has 2 aromatic rings. The second-order valence-corrected chi connectivity index (χ2v) is 11.7. The summed E-state index contributed by atoms with van der Waals surface area (Å²) in [5.41, 5.74) is 0.474. The first kappa shape index (κ1) is 26.3. The first-order valence-corrected chi connectivity index (χ1v) is 13.8. The summed E-state index contributed by atoms with van der Waals surface area (Å²) in [4.78, 5) is 4.20. The molecular weight excluding hydrogens is 482 g/mol. The standard InChI is InChI=1S/C21H31N5O6S2/c1-15(2)25-34(30,31)24-10-9-22-21-11-16(3)20(12-23-21)33(28,29)26-13-18(27)19(14-26)32-17-7-5-4-6-8-17/h4-8,11-12,15,18-19,24-25,27H,9-10,13-14H2,1-3H3,(H,22,23)/t18-,19-/m1/s1. The number of aliphatic hydroxyl groups is 1. The summed E-state index contributed by atoms with van der Waals surface area (Å²) in [6.45, 7) is 5.41. The molecule has 34 heavy (non-hydrogen) atoms. The highest BCUT2D eigenvalue weighted by atomic mass is 32.2. The molecule has 0 aliphatic carbocycles. The molecule has 1 fully saturated rings. The molecular formula is C21H31N5O6S2. The van der Waals surface area contributed by atoms with Crippen LogP contribution in [0.4, 0.5) is 5.82 Å². The maximum atomic E-state index is 13.2. The molecule has 1 aliphatic heterocycles. The third-order valence-corrected chi connectivity index (χ3v) is 8.36. The number of hydrogen-bond acceptors (Lipinski definition) is 8. The van der Waals surface area contributed by atoms with E-state index in [4.69, 9.17) is 4.74 Å². The summed E-state index contributed by atoms with van der Waals surface area (Å²) in [5, 5.41) is 13.3. The van der Waals surface area contributed by atoms with E-state index in [1.807, 2.05) is 6.07 Å². The lowest BCUT2D eigenvalue weighted by atomic mass is 10.2. The van der Waals surface area contributed by atoms with Gasteiger partial charge >= 0.3 is 0 Å². The summed E-state index contributed by atoms with van der Waals surface area (Å²) in [7, 11) is -7.48. The van der Waals surface area contributed by atoms with Gasteiger partial charge in [-0.3, -0.25) is 0 Å². The van der Waals surface area contributed by atoms with Crippen molar-refractivity contribution in [3.63, 3.8) is 0 Å². The highest BCUT2D eigenvalue weighted by Gasteiger charge is 2.40. The Bertz CT molecular complexity index is 1180. The largest absolute Gasteiger partial charge is 0.486 e. The summed E-state index contributed by atoms with van der Waals surface area (Å²) < 4.78 is 61.7. The Kier molecular flexibility index (Phi) is 8.49. The molecule has 1 aliphatic rings. The average molecular weight is 514 g/mol. The lowest BCUT2D eigenvalue weighted by molar-refractivity contribution is 0.0737. The van der Waals surface area contributed by atoms with Crippen molar-refractivity contribution in [1.29, 1.82) is 0 Å². The molecule has 3 rings (SSSR count). The smallest absolute Gasteiger partial charge is 0.277 e. The minimum absolute atomic E-state index is 0.0163. The van der Waals surface area contributed by atoms with E-state index in [-0.39, 0.29) is 37.1 Å². The second kappa shape index (κ2) is 11.0. The van der Waals surface area contributed by atoms with Crippen LogP contribution in [0.2, 0.25) is 0 Å². The highest BCUT2D eigenvalue weighted by Crippen LogP contribution is 2.26. The SMILES string of the molecule is Cc1cc(NCCNS(=O)(=O)NC(C)C)ncc1S(=O)(=O)N1C[C@@H](O)[C@H](Oc2ccccc2)C1. The molecule has 2 atom stereocenters. The molecule has 1 saturated heterocycles. The Morgan fingerprint density at radius 1 is 1.15 bits per heavy atom. The molecule has 11 nitrogen and oxygen atoms in total. The second-order valence-electron chi connectivity index (χ2n) is 8.29. The zero-order valence-electron chi connectivity index (χ0n) is 19.3. The lowest BCUT2D eigenvalue weighted by Crippen LogP contribution is -2.41. The molecule has 2 heterocycles. The summed E-state index contributed by atoms with van der Waals surface area (Å²) in [6, 6.07) is 10.3. The summed E-state index contributed by atoms with van der Waals surface area (Å²) in [6.07, 6.45) is -0.381. The fourth-order valence-electron chi connectivity index (χ4n) is 3.49. The molecule has 1 aromatic carbocycles. The minimum Gasteiger partial charge on any atom is -0.486 e. The molecule has 0 unspecified atom stereocenters. The molecule has 0 saturated carbocycles. The highest BCUT2D eigenvalue weighted by molar-refractivity contribution is 7.89. The molecule has 0 bridgehead atoms. The quantitative estimate of drug-likeness (QED) is 0.316. The fraction of sp³-hybridized carbons (Fsp3) is 0.476. The van der Waals surface area contributed by atoms with Gasteiger partial charge in [0.15, 0.2) is 0 Å². The van der Waals surface area contributed by atoms with E-state index in [1.165, 1.54) is 10.5 Å². The zero-order chi connectivity index (χ0) is 24.9. The Hall–Kier alpha value is -2.29. The topological polar surface area (TPSA) is 150 Å². The monoisotopic (exact) mass is 513 g/mol. The van der Waals surface area contributed by atoms with E-state index >= 15 is 0 Å². The summed E-state index contributed by atoms with van der Waals surface area (Å²) in [5.74, 6) is 0.973. The van der Waals surface area contributed by atoms with E-state index in [0.29, 0.717) is 17.1 Å². The van der Waals surface area contributed by atoms with Crippen LogP contribution in [0.15, 0.2) is 47.5 Å². The normalized spacial score (nSPS) is 19.4. The van der Waals surface area contributed by atoms with Gasteiger partial charge in [0, 0.05) is 31.9 Å². The van der Waals surface area contributed by atoms with Gasteiger partial charge in [-0.2, -0.15) is 17.4 Å². The van der Waals surface area contributed by atoms with Crippen LogP contribution >= 0.6 is 0 Å². The van der Waals surface area contributed by atoms with E-state index in [0.717, 1.165) is 0 Å². The number of nitrogens with one attached hydrogen (secondary N) is 3. The van der Waals surface area contributed by atoms with E-state index < -0.39 is 32.4 Å². The number of rotatable bonds is 11. The molecule has 0 spiro atoms. The number of para-hydroxylation sites is 1. The Balaban J connectivity index is 1.60. The number of nitrogens with zero attached hydrogens (tertiary/aromatic N) is 2. The number of anilines is 1. The number of ether oxygens (including phenoxy) is 1. The van der Waals surface area contributed by atoms with Crippen molar-refractivity contribution in [2.75, 3.05) is 31.5 Å². The van der Waals surface area contributed by atoms with Crippen molar-refractivity contribution < 1.29 is 26.7 Å². The molecule has 188 valence electrons. The predicted octanol–water partition coefficient (Wildman–Crippen LogP) is 0.447. The number of hydrogen-bond donors (Lipinski definition) is 4. The van der Waals surface area contributed by atoms with Gasteiger partial charge in [0.05, 0.1) is 6.54 Å². The van der Waals surface area contributed by atoms with Crippen LogP contribution in [0, 0.1) is 6.92 Å². The Morgan fingerprint density at radius 2 is 1.85 bits per heavy atom. The number of sulfonamides is 1. The van der Waals surface area contributed by atoms with Crippen molar-refractivity contribution in [2.45, 2.75) is 43.9 Å².